The van der Waals surface area contributed by atoms with Gasteiger partial charge in [0, 0.05) is 16.2 Å². The number of aromatic nitrogens is 2. The summed E-state index contributed by atoms with van der Waals surface area (Å²) in [5, 5.41) is 4.46. The smallest absolute Gasteiger partial charge is 0.0674 e. The molecule has 2 aromatic carbocycles. The van der Waals surface area contributed by atoms with Gasteiger partial charge < -0.3 is 0 Å². The third-order valence-corrected chi connectivity index (χ3v) is 3.82. The van der Waals surface area contributed by atoms with E-state index in [2.05, 4.69) is 52.3 Å². The molecule has 0 saturated heterocycles. The Labute approximate surface area is 120 Å². The zero-order chi connectivity index (χ0) is 13.2. The molecule has 0 fully saturated rings. The average molecular weight is 313 g/mol. The number of halogens is 1. The number of hydrogen-bond donors (Lipinski definition) is 0. The molecule has 0 bridgehead atoms. The molecule has 0 aliphatic rings. The van der Waals surface area contributed by atoms with E-state index in [9.17, 15) is 0 Å². The summed E-state index contributed by atoms with van der Waals surface area (Å²) in [5.41, 5.74) is 4.59. The van der Waals surface area contributed by atoms with Crippen molar-refractivity contribution in [1.82, 2.24) is 9.78 Å². The van der Waals surface area contributed by atoms with Crippen LogP contribution >= 0.6 is 15.9 Å². The fourth-order valence-corrected chi connectivity index (χ4v) is 2.62. The predicted octanol–water partition coefficient (Wildman–Crippen LogP) is 4.61. The van der Waals surface area contributed by atoms with Gasteiger partial charge >= 0.3 is 0 Å². The molecule has 0 unspecified atom stereocenters. The Bertz CT molecular complexity index is 656. The van der Waals surface area contributed by atoms with E-state index in [1.807, 2.05) is 41.2 Å². The number of para-hydroxylation sites is 1. The minimum absolute atomic E-state index is 1.08. The van der Waals surface area contributed by atoms with Crippen LogP contribution < -0.4 is 0 Å². The van der Waals surface area contributed by atoms with Gasteiger partial charge in [0.25, 0.3) is 0 Å². The zero-order valence-corrected chi connectivity index (χ0v) is 12.1. The number of nitrogens with zero attached hydrogens (tertiary/aromatic N) is 2. The van der Waals surface area contributed by atoms with Gasteiger partial charge in [-0.15, -0.1) is 0 Å². The van der Waals surface area contributed by atoms with Crippen molar-refractivity contribution < 1.29 is 0 Å². The van der Waals surface area contributed by atoms with Crippen LogP contribution in [0.4, 0.5) is 0 Å². The van der Waals surface area contributed by atoms with Crippen LogP contribution in [0, 0.1) is 6.92 Å². The first-order chi connectivity index (χ1) is 9.25. The summed E-state index contributed by atoms with van der Waals surface area (Å²) in [6.45, 7) is 2.09. The molecule has 0 amide bonds. The summed E-state index contributed by atoms with van der Waals surface area (Å²) in [4.78, 5) is 0. The Morgan fingerprint density at radius 2 is 1.74 bits per heavy atom. The van der Waals surface area contributed by atoms with Gasteiger partial charge in [0.2, 0.25) is 0 Å². The Morgan fingerprint density at radius 1 is 1.00 bits per heavy atom. The monoisotopic (exact) mass is 312 g/mol. The van der Waals surface area contributed by atoms with E-state index in [1.54, 1.807) is 0 Å². The minimum atomic E-state index is 1.08. The molecule has 1 heterocycles. The predicted molar refractivity (Wildman–Crippen MR) is 81.4 cm³/mol. The van der Waals surface area contributed by atoms with Crippen molar-refractivity contribution in [1.29, 1.82) is 0 Å². The largest absolute Gasteiger partial charge is 0.240 e. The Morgan fingerprint density at radius 3 is 2.53 bits per heavy atom. The number of rotatable bonds is 2. The van der Waals surface area contributed by atoms with Crippen LogP contribution in [0.5, 0.6) is 0 Å². The lowest BCUT2D eigenvalue weighted by molar-refractivity contribution is 0.873. The second-order valence-corrected chi connectivity index (χ2v) is 5.29. The first-order valence-corrected chi connectivity index (χ1v) is 6.90. The summed E-state index contributed by atoms with van der Waals surface area (Å²) in [6.07, 6.45) is 3.95. The third-order valence-electron chi connectivity index (χ3n) is 3.13. The SMILES string of the molecule is Cc1ccccc1-n1cc(-c2ccccc2Br)cn1. The van der Waals surface area contributed by atoms with E-state index in [-0.39, 0.29) is 0 Å². The van der Waals surface area contributed by atoms with Gasteiger partial charge in [-0.25, -0.2) is 4.68 Å². The van der Waals surface area contributed by atoms with E-state index in [4.69, 9.17) is 0 Å². The second-order valence-electron chi connectivity index (χ2n) is 4.44. The molecule has 0 spiro atoms. The molecule has 3 rings (SSSR count). The Balaban J connectivity index is 2.06. The molecule has 0 radical (unpaired) electrons. The van der Waals surface area contributed by atoms with Gasteiger partial charge in [-0.1, -0.05) is 52.3 Å². The molecule has 2 nitrogen and oxygen atoms in total. The summed E-state index contributed by atoms with van der Waals surface area (Å²) in [6, 6.07) is 16.4. The molecular weight excluding hydrogens is 300 g/mol. The quantitative estimate of drug-likeness (QED) is 0.675. The van der Waals surface area contributed by atoms with Crippen LogP contribution in [-0.4, -0.2) is 9.78 Å². The van der Waals surface area contributed by atoms with Crippen LogP contribution in [0.2, 0.25) is 0 Å². The van der Waals surface area contributed by atoms with E-state index in [1.165, 1.54) is 5.56 Å². The van der Waals surface area contributed by atoms with Gasteiger partial charge in [-0.2, -0.15) is 5.10 Å². The van der Waals surface area contributed by atoms with E-state index in [0.717, 1.165) is 21.3 Å². The lowest BCUT2D eigenvalue weighted by Crippen LogP contribution is -1.96. The maximum absolute atomic E-state index is 4.46. The molecule has 19 heavy (non-hydrogen) atoms. The number of hydrogen-bond acceptors (Lipinski definition) is 1. The highest BCUT2D eigenvalue weighted by molar-refractivity contribution is 9.10. The van der Waals surface area contributed by atoms with Crippen LogP contribution in [0.3, 0.4) is 0 Å². The van der Waals surface area contributed by atoms with Crippen molar-refractivity contribution >= 4 is 15.9 Å². The van der Waals surface area contributed by atoms with Gasteiger partial charge in [0.15, 0.2) is 0 Å². The Kier molecular flexibility index (Phi) is 3.22. The topological polar surface area (TPSA) is 17.8 Å². The normalized spacial score (nSPS) is 10.6. The van der Waals surface area contributed by atoms with E-state index < -0.39 is 0 Å². The fraction of sp³-hybridized carbons (Fsp3) is 0.0625. The molecule has 0 atom stereocenters. The molecule has 3 aromatic rings. The van der Waals surface area contributed by atoms with Crippen molar-refractivity contribution in [2.45, 2.75) is 6.92 Å². The molecule has 3 heteroatoms. The summed E-state index contributed by atoms with van der Waals surface area (Å²) in [5.74, 6) is 0. The van der Waals surface area contributed by atoms with Crippen LogP contribution in [-0.2, 0) is 0 Å². The fourth-order valence-electron chi connectivity index (χ4n) is 2.11. The highest BCUT2D eigenvalue weighted by Gasteiger charge is 2.07. The third kappa shape index (κ3) is 2.34. The van der Waals surface area contributed by atoms with E-state index >= 15 is 0 Å². The minimum Gasteiger partial charge on any atom is -0.240 e. The van der Waals surface area contributed by atoms with Crippen molar-refractivity contribution in [2.24, 2.45) is 0 Å². The molecule has 1 aromatic heterocycles. The highest BCUT2D eigenvalue weighted by atomic mass is 79.9. The van der Waals surface area contributed by atoms with Crippen LogP contribution in [0.25, 0.3) is 16.8 Å². The number of benzene rings is 2. The zero-order valence-electron chi connectivity index (χ0n) is 10.5. The summed E-state index contributed by atoms with van der Waals surface area (Å²) >= 11 is 3.58. The Hall–Kier alpha value is -1.87. The first kappa shape index (κ1) is 12.2. The van der Waals surface area contributed by atoms with E-state index in [0.29, 0.717) is 0 Å². The second kappa shape index (κ2) is 5.02. The van der Waals surface area contributed by atoms with Gasteiger partial charge in [-0.3, -0.25) is 0 Å². The lowest BCUT2D eigenvalue weighted by atomic mass is 10.1. The molecule has 0 aliphatic carbocycles. The lowest BCUT2D eigenvalue weighted by Gasteiger charge is -2.04. The molecular formula is C16H13BrN2. The van der Waals surface area contributed by atoms with Crippen LogP contribution in [0.15, 0.2) is 65.4 Å². The van der Waals surface area contributed by atoms with Crippen molar-refractivity contribution in [3.63, 3.8) is 0 Å². The summed E-state index contributed by atoms with van der Waals surface area (Å²) in [7, 11) is 0. The highest BCUT2D eigenvalue weighted by Crippen LogP contribution is 2.28. The van der Waals surface area contributed by atoms with Gasteiger partial charge in [0.05, 0.1) is 11.9 Å². The summed E-state index contributed by atoms with van der Waals surface area (Å²) < 4.78 is 3.00. The van der Waals surface area contributed by atoms with Crippen molar-refractivity contribution in [3.8, 4) is 16.8 Å². The van der Waals surface area contributed by atoms with Gasteiger partial charge in [-0.05, 0) is 30.2 Å². The first-order valence-electron chi connectivity index (χ1n) is 6.11. The maximum Gasteiger partial charge on any atom is 0.0674 e. The average Bonchev–Trinajstić information content (AvgIpc) is 2.89. The molecule has 0 saturated carbocycles. The standard InChI is InChI=1S/C16H13BrN2/c1-12-6-2-5-9-16(12)19-11-13(10-18-19)14-7-3-4-8-15(14)17/h2-11H,1H3. The van der Waals surface area contributed by atoms with Crippen molar-refractivity contribution in [3.05, 3.63) is 71.0 Å². The molecule has 94 valence electrons. The van der Waals surface area contributed by atoms with Crippen molar-refractivity contribution in [2.75, 3.05) is 0 Å². The van der Waals surface area contributed by atoms with Gasteiger partial charge in [0.1, 0.15) is 0 Å². The molecule has 0 aliphatic heterocycles. The van der Waals surface area contributed by atoms with Crippen LogP contribution in [0.1, 0.15) is 5.56 Å². The number of aryl methyl sites for hydroxylation is 1. The maximum atomic E-state index is 4.46. The molecule has 0 N–H and O–H groups in total.